The highest BCUT2D eigenvalue weighted by Crippen LogP contribution is 2.35. The maximum absolute atomic E-state index is 14.2. The molecule has 0 saturated carbocycles. The standard InChI is InChI=1S/C15H17ClFNO4/c1-8(2)22-14(19)9-6-10(12(17)7-11(9)16)13-4-3-5-18(13)15(20)21/h6-8,13H,3-5H2,1-2H3,(H,20,21). The molecular weight excluding hydrogens is 313 g/mol. The zero-order valence-corrected chi connectivity index (χ0v) is 13.1. The van der Waals surface area contributed by atoms with Crippen LogP contribution in [-0.4, -0.2) is 34.7 Å². The highest BCUT2D eigenvalue weighted by atomic mass is 35.5. The van der Waals surface area contributed by atoms with Crippen LogP contribution in [0.3, 0.4) is 0 Å². The van der Waals surface area contributed by atoms with Gasteiger partial charge in [-0.1, -0.05) is 11.6 Å². The second-order valence-corrected chi connectivity index (χ2v) is 5.85. The minimum absolute atomic E-state index is 0.0454. The second kappa shape index (κ2) is 6.52. The minimum Gasteiger partial charge on any atom is -0.465 e. The number of carboxylic acid groups (broad SMARTS) is 1. The van der Waals surface area contributed by atoms with Crippen LogP contribution in [0, 0.1) is 5.82 Å². The van der Waals surface area contributed by atoms with E-state index in [-0.39, 0.29) is 22.3 Å². The van der Waals surface area contributed by atoms with Gasteiger partial charge in [-0.3, -0.25) is 0 Å². The van der Waals surface area contributed by atoms with Crippen molar-refractivity contribution < 1.29 is 23.8 Å². The molecule has 120 valence electrons. The largest absolute Gasteiger partial charge is 0.465 e. The van der Waals surface area contributed by atoms with Crippen LogP contribution < -0.4 is 0 Å². The van der Waals surface area contributed by atoms with Crippen LogP contribution >= 0.6 is 11.6 Å². The summed E-state index contributed by atoms with van der Waals surface area (Å²) >= 11 is 5.91. The summed E-state index contributed by atoms with van der Waals surface area (Å²) in [6.07, 6.45) is -0.295. The number of carbonyl (C=O) groups is 2. The van der Waals surface area contributed by atoms with Crippen LogP contribution in [-0.2, 0) is 4.74 Å². The fourth-order valence-corrected chi connectivity index (χ4v) is 2.80. The highest BCUT2D eigenvalue weighted by Gasteiger charge is 2.32. The fourth-order valence-electron chi connectivity index (χ4n) is 2.57. The number of hydrogen-bond donors (Lipinski definition) is 1. The zero-order valence-electron chi connectivity index (χ0n) is 12.3. The van der Waals surface area contributed by atoms with E-state index in [0.717, 1.165) is 6.07 Å². The zero-order chi connectivity index (χ0) is 16.4. The van der Waals surface area contributed by atoms with Crippen molar-refractivity contribution >= 4 is 23.7 Å². The first-order chi connectivity index (χ1) is 10.3. The van der Waals surface area contributed by atoms with Crippen molar-refractivity contribution in [1.82, 2.24) is 4.90 Å². The smallest absolute Gasteiger partial charge is 0.407 e. The Hall–Kier alpha value is -1.82. The van der Waals surface area contributed by atoms with Crippen molar-refractivity contribution in [1.29, 1.82) is 0 Å². The monoisotopic (exact) mass is 329 g/mol. The molecule has 1 atom stereocenters. The number of likely N-dealkylation sites (tertiary alicyclic amines) is 1. The van der Waals surface area contributed by atoms with E-state index in [1.165, 1.54) is 11.0 Å². The van der Waals surface area contributed by atoms with Crippen molar-refractivity contribution in [3.05, 3.63) is 34.1 Å². The molecular formula is C15H17ClFNO4. The number of amides is 1. The summed E-state index contributed by atoms with van der Waals surface area (Å²) in [6, 6.07) is 1.72. The topological polar surface area (TPSA) is 66.8 Å². The number of halogens is 2. The number of carbonyl (C=O) groups excluding carboxylic acids is 1. The van der Waals surface area contributed by atoms with E-state index in [1.807, 2.05) is 0 Å². The molecule has 22 heavy (non-hydrogen) atoms. The molecule has 1 saturated heterocycles. The van der Waals surface area contributed by atoms with Gasteiger partial charge in [0.05, 0.1) is 22.7 Å². The lowest BCUT2D eigenvalue weighted by Gasteiger charge is -2.23. The van der Waals surface area contributed by atoms with Crippen LogP contribution in [0.4, 0.5) is 9.18 Å². The molecule has 1 fully saturated rings. The van der Waals surface area contributed by atoms with E-state index in [1.54, 1.807) is 13.8 Å². The molecule has 1 aromatic carbocycles. The number of rotatable bonds is 3. The van der Waals surface area contributed by atoms with Gasteiger partial charge in [0, 0.05) is 12.1 Å². The third kappa shape index (κ3) is 3.32. The lowest BCUT2D eigenvalue weighted by molar-refractivity contribution is 0.0378. The van der Waals surface area contributed by atoms with Gasteiger partial charge in [-0.15, -0.1) is 0 Å². The molecule has 1 aromatic rings. The van der Waals surface area contributed by atoms with E-state index in [4.69, 9.17) is 16.3 Å². The number of hydrogen-bond acceptors (Lipinski definition) is 3. The molecule has 0 radical (unpaired) electrons. The van der Waals surface area contributed by atoms with Crippen molar-refractivity contribution in [3.63, 3.8) is 0 Å². The average Bonchev–Trinajstić information content (AvgIpc) is 2.86. The Balaban J connectivity index is 2.40. The molecule has 0 bridgehead atoms. The predicted octanol–water partition coefficient (Wildman–Crippen LogP) is 3.86. The Labute approximate surface area is 132 Å². The summed E-state index contributed by atoms with van der Waals surface area (Å²) in [5.41, 5.74) is 0.198. The highest BCUT2D eigenvalue weighted by molar-refractivity contribution is 6.33. The Morgan fingerprint density at radius 1 is 1.45 bits per heavy atom. The third-order valence-electron chi connectivity index (χ3n) is 3.51. The number of ether oxygens (including phenoxy) is 1. The van der Waals surface area contributed by atoms with E-state index in [9.17, 15) is 19.1 Å². The SMILES string of the molecule is CC(C)OC(=O)c1cc(C2CCCN2C(=O)O)c(F)cc1Cl. The van der Waals surface area contributed by atoms with Crippen molar-refractivity contribution in [2.45, 2.75) is 38.8 Å². The lowest BCUT2D eigenvalue weighted by Crippen LogP contribution is -2.29. The predicted molar refractivity (Wildman–Crippen MR) is 78.7 cm³/mol. The Kier molecular flexibility index (Phi) is 4.90. The Bertz CT molecular complexity index is 605. The third-order valence-corrected chi connectivity index (χ3v) is 3.82. The van der Waals surface area contributed by atoms with Crippen LogP contribution in [0.25, 0.3) is 0 Å². The van der Waals surface area contributed by atoms with Crippen LogP contribution in [0.1, 0.15) is 48.7 Å². The minimum atomic E-state index is -1.11. The summed E-state index contributed by atoms with van der Waals surface area (Å²) < 4.78 is 19.3. The molecule has 0 aromatic heterocycles. The van der Waals surface area contributed by atoms with Gasteiger partial charge in [0.15, 0.2) is 0 Å². The molecule has 1 unspecified atom stereocenters. The average molecular weight is 330 g/mol. The molecule has 1 aliphatic rings. The second-order valence-electron chi connectivity index (χ2n) is 5.44. The van der Waals surface area contributed by atoms with Gasteiger partial charge in [0.25, 0.3) is 0 Å². The van der Waals surface area contributed by atoms with Crippen molar-refractivity contribution in [2.75, 3.05) is 6.54 Å². The fraction of sp³-hybridized carbons (Fsp3) is 0.467. The first-order valence-corrected chi connectivity index (χ1v) is 7.38. The van der Waals surface area contributed by atoms with Gasteiger partial charge in [0.2, 0.25) is 0 Å². The normalized spacial score (nSPS) is 17.9. The molecule has 1 aliphatic heterocycles. The molecule has 1 heterocycles. The van der Waals surface area contributed by atoms with Gasteiger partial charge < -0.3 is 14.7 Å². The van der Waals surface area contributed by atoms with Gasteiger partial charge in [-0.05, 0) is 38.8 Å². The molecule has 5 nitrogen and oxygen atoms in total. The summed E-state index contributed by atoms with van der Waals surface area (Å²) in [7, 11) is 0. The van der Waals surface area contributed by atoms with Gasteiger partial charge in [0.1, 0.15) is 5.82 Å². The molecule has 1 N–H and O–H groups in total. The first kappa shape index (κ1) is 16.5. The Morgan fingerprint density at radius 3 is 2.73 bits per heavy atom. The molecule has 1 amide bonds. The molecule has 0 aliphatic carbocycles. The molecule has 7 heteroatoms. The maximum atomic E-state index is 14.2. The summed E-state index contributed by atoms with van der Waals surface area (Å²) in [5.74, 6) is -1.27. The number of nitrogens with zero attached hydrogens (tertiary/aromatic N) is 1. The number of esters is 1. The van der Waals surface area contributed by atoms with Gasteiger partial charge >= 0.3 is 12.1 Å². The lowest BCUT2D eigenvalue weighted by atomic mass is 10.0. The van der Waals surface area contributed by atoms with Gasteiger partial charge in [-0.2, -0.15) is 0 Å². The summed E-state index contributed by atoms with van der Waals surface area (Å²) in [6.45, 7) is 3.73. The summed E-state index contributed by atoms with van der Waals surface area (Å²) in [4.78, 5) is 24.4. The van der Waals surface area contributed by atoms with E-state index < -0.39 is 23.9 Å². The van der Waals surface area contributed by atoms with Crippen molar-refractivity contribution in [2.24, 2.45) is 0 Å². The molecule has 0 spiro atoms. The van der Waals surface area contributed by atoms with E-state index >= 15 is 0 Å². The quantitative estimate of drug-likeness (QED) is 0.855. The van der Waals surface area contributed by atoms with E-state index in [2.05, 4.69) is 0 Å². The van der Waals surface area contributed by atoms with E-state index in [0.29, 0.717) is 19.4 Å². The first-order valence-electron chi connectivity index (χ1n) is 7.00. The maximum Gasteiger partial charge on any atom is 0.407 e. The Morgan fingerprint density at radius 2 is 2.14 bits per heavy atom. The van der Waals surface area contributed by atoms with Crippen LogP contribution in [0.15, 0.2) is 12.1 Å². The van der Waals surface area contributed by atoms with Gasteiger partial charge in [-0.25, -0.2) is 14.0 Å². The molecule has 2 rings (SSSR count). The number of benzene rings is 1. The van der Waals surface area contributed by atoms with Crippen LogP contribution in [0.2, 0.25) is 5.02 Å². The van der Waals surface area contributed by atoms with Crippen molar-refractivity contribution in [3.8, 4) is 0 Å². The van der Waals surface area contributed by atoms with Crippen LogP contribution in [0.5, 0.6) is 0 Å². The summed E-state index contributed by atoms with van der Waals surface area (Å²) in [5, 5.41) is 9.12.